The Morgan fingerprint density at radius 3 is 2.80 bits per heavy atom. The van der Waals surface area contributed by atoms with E-state index >= 15 is 0 Å². The van der Waals surface area contributed by atoms with E-state index in [0.717, 1.165) is 29.3 Å². The van der Waals surface area contributed by atoms with Crippen molar-refractivity contribution >= 4 is 5.69 Å². The second-order valence-electron chi connectivity index (χ2n) is 3.49. The van der Waals surface area contributed by atoms with E-state index in [2.05, 4.69) is 18.4 Å². The molecule has 2 heteroatoms. The summed E-state index contributed by atoms with van der Waals surface area (Å²) in [6, 6.07) is 8.03. The van der Waals surface area contributed by atoms with Crippen molar-refractivity contribution in [3.05, 3.63) is 48.4 Å². The third-order valence-corrected chi connectivity index (χ3v) is 2.62. The Morgan fingerprint density at radius 2 is 2.13 bits per heavy atom. The monoisotopic (exact) mass is 201 g/mol. The first-order chi connectivity index (χ1) is 7.27. The lowest BCUT2D eigenvalue weighted by molar-refractivity contribution is 0.394. The van der Waals surface area contributed by atoms with Crippen molar-refractivity contribution < 1.29 is 4.74 Å². The SMILES string of the molecule is C=CC1=C(CC)Oc2ccccc2N1C. The molecule has 0 aliphatic carbocycles. The van der Waals surface area contributed by atoms with Gasteiger partial charge in [-0.2, -0.15) is 0 Å². The molecule has 0 aromatic heterocycles. The van der Waals surface area contributed by atoms with Crippen LogP contribution in [0.1, 0.15) is 13.3 Å². The van der Waals surface area contributed by atoms with Gasteiger partial charge in [0.15, 0.2) is 5.75 Å². The van der Waals surface area contributed by atoms with Crippen molar-refractivity contribution in [2.45, 2.75) is 13.3 Å². The summed E-state index contributed by atoms with van der Waals surface area (Å²) in [6.45, 7) is 5.91. The van der Waals surface area contributed by atoms with E-state index in [1.54, 1.807) is 0 Å². The first-order valence-corrected chi connectivity index (χ1v) is 5.14. The Labute approximate surface area is 90.5 Å². The summed E-state index contributed by atoms with van der Waals surface area (Å²) in [6.07, 6.45) is 2.72. The van der Waals surface area contributed by atoms with Gasteiger partial charge >= 0.3 is 0 Å². The quantitative estimate of drug-likeness (QED) is 0.727. The van der Waals surface area contributed by atoms with Crippen LogP contribution >= 0.6 is 0 Å². The van der Waals surface area contributed by atoms with Gasteiger partial charge in [0.1, 0.15) is 5.76 Å². The van der Waals surface area contributed by atoms with E-state index in [4.69, 9.17) is 4.74 Å². The molecule has 1 aromatic rings. The lowest BCUT2D eigenvalue weighted by atomic mass is 10.2. The highest BCUT2D eigenvalue weighted by molar-refractivity contribution is 5.66. The number of rotatable bonds is 2. The number of benzene rings is 1. The van der Waals surface area contributed by atoms with Gasteiger partial charge in [0.05, 0.1) is 11.4 Å². The van der Waals surface area contributed by atoms with Crippen LogP contribution in [0.2, 0.25) is 0 Å². The molecule has 0 radical (unpaired) electrons. The predicted octanol–water partition coefficient (Wildman–Crippen LogP) is 3.32. The Kier molecular flexibility index (Phi) is 2.50. The molecule has 0 bridgehead atoms. The van der Waals surface area contributed by atoms with Gasteiger partial charge in [0, 0.05) is 13.5 Å². The maximum absolute atomic E-state index is 5.82. The summed E-state index contributed by atoms with van der Waals surface area (Å²) in [7, 11) is 2.04. The normalized spacial score (nSPS) is 14.7. The zero-order valence-corrected chi connectivity index (χ0v) is 9.16. The maximum Gasteiger partial charge on any atom is 0.150 e. The number of anilines is 1. The maximum atomic E-state index is 5.82. The molecule has 0 fully saturated rings. The molecule has 1 aliphatic rings. The summed E-state index contributed by atoms with van der Waals surface area (Å²) in [5, 5.41) is 0. The lowest BCUT2D eigenvalue weighted by Gasteiger charge is -2.30. The fourth-order valence-electron chi connectivity index (χ4n) is 1.83. The van der Waals surface area contributed by atoms with Crippen LogP contribution in [0.15, 0.2) is 48.4 Å². The molecule has 0 saturated heterocycles. The minimum absolute atomic E-state index is 0.875. The fraction of sp³-hybridized carbons (Fsp3) is 0.231. The van der Waals surface area contributed by atoms with Crippen LogP contribution in [-0.4, -0.2) is 7.05 Å². The van der Waals surface area contributed by atoms with E-state index in [9.17, 15) is 0 Å². The summed E-state index contributed by atoms with van der Waals surface area (Å²) in [5.41, 5.74) is 2.14. The van der Waals surface area contributed by atoms with Crippen molar-refractivity contribution in [1.29, 1.82) is 0 Å². The second kappa shape index (κ2) is 3.81. The average molecular weight is 201 g/mol. The molecule has 0 saturated carbocycles. The lowest BCUT2D eigenvalue weighted by Crippen LogP contribution is -2.23. The number of likely N-dealkylation sites (N-methyl/N-ethyl adjacent to an activating group) is 1. The molecule has 0 N–H and O–H groups in total. The van der Waals surface area contributed by atoms with E-state index < -0.39 is 0 Å². The van der Waals surface area contributed by atoms with Crippen LogP contribution in [-0.2, 0) is 0 Å². The Balaban J connectivity index is 2.51. The highest BCUT2D eigenvalue weighted by atomic mass is 16.5. The summed E-state index contributed by atoms with van der Waals surface area (Å²) in [4.78, 5) is 2.12. The highest BCUT2D eigenvalue weighted by Gasteiger charge is 2.20. The minimum Gasteiger partial charge on any atom is -0.457 e. The second-order valence-corrected chi connectivity index (χ2v) is 3.49. The molecule has 0 unspecified atom stereocenters. The number of allylic oxidation sites excluding steroid dienone is 2. The number of nitrogens with zero attached hydrogens (tertiary/aromatic N) is 1. The van der Waals surface area contributed by atoms with E-state index in [-0.39, 0.29) is 0 Å². The van der Waals surface area contributed by atoms with Gasteiger partial charge in [-0.3, -0.25) is 0 Å². The smallest absolute Gasteiger partial charge is 0.150 e. The summed E-state index contributed by atoms with van der Waals surface area (Å²) >= 11 is 0. The van der Waals surface area contributed by atoms with Gasteiger partial charge in [-0.1, -0.05) is 25.6 Å². The van der Waals surface area contributed by atoms with Crippen molar-refractivity contribution in [3.8, 4) is 5.75 Å². The van der Waals surface area contributed by atoms with Gasteiger partial charge in [0.2, 0.25) is 0 Å². The van der Waals surface area contributed by atoms with Gasteiger partial charge in [0.25, 0.3) is 0 Å². The number of para-hydroxylation sites is 2. The minimum atomic E-state index is 0.875. The van der Waals surface area contributed by atoms with Gasteiger partial charge in [-0.15, -0.1) is 0 Å². The third kappa shape index (κ3) is 1.52. The van der Waals surface area contributed by atoms with Crippen molar-refractivity contribution in [2.24, 2.45) is 0 Å². The Bertz CT molecular complexity index is 420. The fourth-order valence-corrected chi connectivity index (χ4v) is 1.83. The average Bonchev–Trinajstić information content (AvgIpc) is 2.29. The Morgan fingerprint density at radius 1 is 1.40 bits per heavy atom. The first kappa shape index (κ1) is 9.84. The molecule has 2 rings (SSSR count). The van der Waals surface area contributed by atoms with Crippen molar-refractivity contribution in [3.63, 3.8) is 0 Å². The molecular formula is C13H15NO. The van der Waals surface area contributed by atoms with Crippen LogP contribution in [0.3, 0.4) is 0 Å². The van der Waals surface area contributed by atoms with Crippen LogP contribution in [0.4, 0.5) is 5.69 Å². The van der Waals surface area contributed by atoms with Crippen LogP contribution in [0, 0.1) is 0 Å². The molecule has 0 atom stereocenters. The number of fused-ring (bicyclic) bond motifs is 1. The summed E-state index contributed by atoms with van der Waals surface area (Å²) in [5.74, 6) is 1.90. The third-order valence-electron chi connectivity index (χ3n) is 2.62. The predicted molar refractivity (Wildman–Crippen MR) is 63.0 cm³/mol. The molecule has 0 amide bonds. The van der Waals surface area contributed by atoms with Crippen molar-refractivity contribution in [2.75, 3.05) is 11.9 Å². The molecule has 0 spiro atoms. The molecule has 1 heterocycles. The van der Waals surface area contributed by atoms with Crippen molar-refractivity contribution in [1.82, 2.24) is 0 Å². The zero-order valence-electron chi connectivity index (χ0n) is 9.16. The van der Waals surface area contributed by atoms with Crippen LogP contribution in [0.5, 0.6) is 5.75 Å². The topological polar surface area (TPSA) is 12.5 Å². The number of ether oxygens (including phenoxy) is 1. The standard InChI is InChI=1S/C13H15NO/c1-4-10-12(5-2)15-13-9-7-6-8-11(13)14(10)3/h4,6-9H,1,5H2,2-3H3. The number of hydrogen-bond acceptors (Lipinski definition) is 2. The Hall–Kier alpha value is -1.70. The molecular weight excluding hydrogens is 186 g/mol. The van der Waals surface area contributed by atoms with E-state index in [1.165, 1.54) is 0 Å². The van der Waals surface area contributed by atoms with E-state index in [1.807, 2.05) is 37.4 Å². The molecule has 2 nitrogen and oxygen atoms in total. The van der Waals surface area contributed by atoms with Crippen LogP contribution in [0.25, 0.3) is 0 Å². The molecule has 15 heavy (non-hydrogen) atoms. The number of hydrogen-bond donors (Lipinski definition) is 0. The highest BCUT2D eigenvalue weighted by Crippen LogP contribution is 2.37. The molecule has 78 valence electrons. The van der Waals surface area contributed by atoms with Gasteiger partial charge in [-0.25, -0.2) is 0 Å². The molecule has 1 aromatic carbocycles. The van der Waals surface area contributed by atoms with Gasteiger partial charge < -0.3 is 9.64 Å². The first-order valence-electron chi connectivity index (χ1n) is 5.14. The summed E-state index contributed by atoms with van der Waals surface area (Å²) < 4.78 is 5.82. The van der Waals surface area contributed by atoms with E-state index in [0.29, 0.717) is 0 Å². The zero-order chi connectivity index (χ0) is 10.8. The van der Waals surface area contributed by atoms with Gasteiger partial charge in [-0.05, 0) is 18.2 Å². The largest absolute Gasteiger partial charge is 0.457 e. The van der Waals surface area contributed by atoms with Crippen LogP contribution < -0.4 is 9.64 Å². The molecule has 1 aliphatic heterocycles.